The lowest BCUT2D eigenvalue weighted by molar-refractivity contribution is -0.384. The van der Waals surface area contributed by atoms with Crippen LogP contribution in [0.4, 0.5) is 11.4 Å². The first-order chi connectivity index (χ1) is 10.0. The summed E-state index contributed by atoms with van der Waals surface area (Å²) in [6, 6.07) is 5.18. The molecule has 0 aliphatic heterocycles. The molecule has 0 heterocycles. The van der Waals surface area contributed by atoms with Gasteiger partial charge in [-0.15, -0.1) is 0 Å². The molecule has 2 rings (SSSR count). The zero-order valence-corrected chi connectivity index (χ0v) is 12.5. The van der Waals surface area contributed by atoms with Crippen LogP contribution in [0.15, 0.2) is 18.2 Å². The van der Waals surface area contributed by atoms with E-state index in [1.807, 2.05) is 24.8 Å². The van der Waals surface area contributed by atoms with E-state index < -0.39 is 4.92 Å². The molecule has 0 aromatic heterocycles. The Hall–Kier alpha value is -1.82. The topological polar surface area (TPSA) is 75.8 Å². The van der Waals surface area contributed by atoms with Crippen molar-refractivity contribution >= 4 is 11.4 Å². The molecule has 1 aliphatic rings. The predicted octanol–water partition coefficient (Wildman–Crippen LogP) is 2.73. The molecule has 1 saturated carbocycles. The molecule has 0 radical (unpaired) electrons. The van der Waals surface area contributed by atoms with Crippen LogP contribution in [0.5, 0.6) is 5.75 Å². The summed E-state index contributed by atoms with van der Waals surface area (Å²) in [6.45, 7) is 4.28. The molecular weight excluding hydrogens is 272 g/mol. The van der Waals surface area contributed by atoms with Crippen LogP contribution in [-0.2, 0) is 0 Å². The van der Waals surface area contributed by atoms with E-state index in [9.17, 15) is 15.2 Å². The van der Waals surface area contributed by atoms with Gasteiger partial charge in [-0.1, -0.05) is 0 Å². The van der Waals surface area contributed by atoms with Crippen LogP contribution in [0, 0.1) is 10.1 Å². The van der Waals surface area contributed by atoms with Gasteiger partial charge >= 0.3 is 0 Å². The Labute approximate surface area is 124 Å². The van der Waals surface area contributed by atoms with Crippen LogP contribution in [0.1, 0.15) is 33.1 Å². The van der Waals surface area contributed by atoms with Crippen molar-refractivity contribution in [2.24, 2.45) is 0 Å². The molecule has 0 unspecified atom stereocenters. The molecule has 1 N–H and O–H groups in total. The molecule has 21 heavy (non-hydrogen) atoms. The third kappa shape index (κ3) is 3.85. The quantitative estimate of drug-likeness (QED) is 0.618. The summed E-state index contributed by atoms with van der Waals surface area (Å²) in [4.78, 5) is 12.7. The van der Waals surface area contributed by atoms with E-state index in [0.29, 0.717) is 18.3 Å². The minimum absolute atomic E-state index is 0.0189. The van der Waals surface area contributed by atoms with Crippen molar-refractivity contribution in [2.75, 3.05) is 18.1 Å². The van der Waals surface area contributed by atoms with Gasteiger partial charge in [-0.3, -0.25) is 10.1 Å². The maximum absolute atomic E-state index is 11.1. The molecule has 0 amide bonds. The number of hydrogen-bond donors (Lipinski definition) is 1. The Morgan fingerprint density at radius 2 is 2.14 bits per heavy atom. The van der Waals surface area contributed by atoms with Crippen molar-refractivity contribution in [3.8, 4) is 5.75 Å². The van der Waals surface area contributed by atoms with Gasteiger partial charge in [-0.25, -0.2) is 0 Å². The fraction of sp³-hybridized carbons (Fsp3) is 0.600. The summed E-state index contributed by atoms with van der Waals surface area (Å²) < 4.78 is 5.61. The third-order valence-corrected chi connectivity index (χ3v) is 3.65. The maximum Gasteiger partial charge on any atom is 0.275 e. The summed E-state index contributed by atoms with van der Waals surface area (Å²) in [5.74, 6) is 0.497. The molecule has 6 heteroatoms. The number of ether oxygens (including phenoxy) is 1. The van der Waals surface area contributed by atoms with E-state index >= 15 is 0 Å². The number of hydrogen-bond acceptors (Lipinski definition) is 5. The molecular formula is C15H22N2O4. The Bertz CT molecular complexity index is 500. The van der Waals surface area contributed by atoms with E-state index in [0.717, 1.165) is 24.9 Å². The monoisotopic (exact) mass is 294 g/mol. The normalized spacial score (nSPS) is 14.9. The number of nitrogens with zero attached hydrogens (tertiary/aromatic N) is 2. The van der Waals surface area contributed by atoms with Crippen molar-refractivity contribution in [1.82, 2.24) is 0 Å². The standard InChI is InChI=1S/C15H22N2O4/c1-11(2)21-15-9-13(8-14(10-15)17(19)20)16(6-7-18)12-4-3-5-12/h8-12,18H,3-7H2,1-2H3. The Morgan fingerprint density at radius 1 is 1.43 bits per heavy atom. The van der Waals surface area contributed by atoms with Crippen molar-refractivity contribution in [1.29, 1.82) is 0 Å². The largest absolute Gasteiger partial charge is 0.491 e. The Morgan fingerprint density at radius 3 is 2.62 bits per heavy atom. The molecule has 0 spiro atoms. The third-order valence-electron chi connectivity index (χ3n) is 3.65. The van der Waals surface area contributed by atoms with Gasteiger partial charge in [0, 0.05) is 30.4 Å². The minimum Gasteiger partial charge on any atom is -0.491 e. The number of anilines is 1. The molecule has 0 saturated heterocycles. The van der Waals surface area contributed by atoms with E-state index in [2.05, 4.69) is 0 Å². The van der Waals surface area contributed by atoms with Crippen LogP contribution in [-0.4, -0.2) is 35.3 Å². The number of benzene rings is 1. The fourth-order valence-corrected chi connectivity index (χ4v) is 2.51. The summed E-state index contributed by atoms with van der Waals surface area (Å²) >= 11 is 0. The molecule has 1 aromatic rings. The van der Waals surface area contributed by atoms with Crippen LogP contribution >= 0.6 is 0 Å². The fourth-order valence-electron chi connectivity index (χ4n) is 2.51. The van der Waals surface area contributed by atoms with Gasteiger partial charge in [0.1, 0.15) is 5.75 Å². The van der Waals surface area contributed by atoms with Crippen molar-refractivity contribution in [2.45, 2.75) is 45.3 Å². The highest BCUT2D eigenvalue weighted by atomic mass is 16.6. The summed E-state index contributed by atoms with van der Waals surface area (Å²) in [7, 11) is 0. The van der Waals surface area contributed by atoms with E-state index in [1.54, 1.807) is 6.07 Å². The minimum atomic E-state index is -0.408. The average molecular weight is 294 g/mol. The zero-order valence-electron chi connectivity index (χ0n) is 12.5. The SMILES string of the molecule is CC(C)Oc1cc(N(CCO)C2CCC2)cc([N+](=O)[O-])c1. The second-order valence-corrected chi connectivity index (χ2v) is 5.61. The van der Waals surface area contributed by atoms with Crippen molar-refractivity contribution in [3.05, 3.63) is 28.3 Å². The molecule has 1 fully saturated rings. The van der Waals surface area contributed by atoms with Crippen LogP contribution in [0.25, 0.3) is 0 Å². The Balaban J connectivity index is 2.34. The summed E-state index contributed by atoms with van der Waals surface area (Å²) in [5.41, 5.74) is 0.768. The van der Waals surface area contributed by atoms with E-state index in [1.165, 1.54) is 6.07 Å². The van der Waals surface area contributed by atoms with E-state index in [-0.39, 0.29) is 18.4 Å². The highest BCUT2D eigenvalue weighted by molar-refractivity contribution is 5.59. The van der Waals surface area contributed by atoms with E-state index in [4.69, 9.17) is 4.74 Å². The molecule has 1 aromatic carbocycles. The number of aliphatic hydroxyl groups is 1. The summed E-state index contributed by atoms with van der Waals surface area (Å²) in [6.07, 6.45) is 3.23. The lowest BCUT2D eigenvalue weighted by atomic mass is 9.91. The first-order valence-electron chi connectivity index (χ1n) is 7.35. The highest BCUT2D eigenvalue weighted by Gasteiger charge is 2.26. The zero-order chi connectivity index (χ0) is 15.4. The molecule has 116 valence electrons. The number of rotatable bonds is 7. The van der Waals surface area contributed by atoms with Gasteiger partial charge in [-0.2, -0.15) is 0 Å². The molecule has 1 aliphatic carbocycles. The van der Waals surface area contributed by atoms with Gasteiger partial charge in [-0.05, 0) is 33.1 Å². The van der Waals surface area contributed by atoms with Crippen LogP contribution < -0.4 is 9.64 Å². The van der Waals surface area contributed by atoms with Crippen LogP contribution in [0.3, 0.4) is 0 Å². The van der Waals surface area contributed by atoms with Crippen molar-refractivity contribution < 1.29 is 14.8 Å². The Kier molecular flexibility index (Phi) is 5.01. The highest BCUT2D eigenvalue weighted by Crippen LogP contribution is 2.34. The maximum atomic E-state index is 11.1. The van der Waals surface area contributed by atoms with Crippen molar-refractivity contribution in [3.63, 3.8) is 0 Å². The van der Waals surface area contributed by atoms with Gasteiger partial charge in [0.25, 0.3) is 5.69 Å². The lowest BCUT2D eigenvalue weighted by Gasteiger charge is -2.39. The molecule has 6 nitrogen and oxygen atoms in total. The molecule has 0 atom stereocenters. The van der Waals surface area contributed by atoms with Gasteiger partial charge < -0.3 is 14.7 Å². The molecule has 0 bridgehead atoms. The number of nitro benzene ring substituents is 1. The van der Waals surface area contributed by atoms with Gasteiger partial charge in [0.15, 0.2) is 0 Å². The predicted molar refractivity (Wildman–Crippen MR) is 80.9 cm³/mol. The smallest absolute Gasteiger partial charge is 0.275 e. The summed E-state index contributed by atoms with van der Waals surface area (Å²) in [5, 5.41) is 20.4. The van der Waals surface area contributed by atoms with Crippen LogP contribution in [0.2, 0.25) is 0 Å². The number of non-ortho nitro benzene ring substituents is 1. The number of nitro groups is 1. The van der Waals surface area contributed by atoms with Gasteiger partial charge in [0.2, 0.25) is 0 Å². The average Bonchev–Trinajstić information content (AvgIpc) is 2.34. The first-order valence-corrected chi connectivity index (χ1v) is 7.35. The lowest BCUT2D eigenvalue weighted by Crippen LogP contribution is -2.42. The second kappa shape index (κ2) is 6.76. The first kappa shape index (κ1) is 15.6. The number of aliphatic hydroxyl groups excluding tert-OH is 1. The van der Waals surface area contributed by atoms with Gasteiger partial charge in [0.05, 0.1) is 23.7 Å². The second-order valence-electron chi connectivity index (χ2n) is 5.61.